The molecule has 0 radical (unpaired) electrons. The molecular weight excluding hydrogens is 648 g/mol. The SMILES string of the molecule is COC(=O)CCC1=C(C)C(C(=O)OC(C)(C)C)N=C1/C=c1\[nH]/c(=C\C2=NC(=C(/C)c3[nH]c(C=O)c(C)c3C)/CC2(C)C)c(C)c1CCC(=O)OC. The maximum absolute atomic E-state index is 13.2. The van der Waals surface area contributed by atoms with Crippen molar-refractivity contribution in [3.63, 3.8) is 0 Å². The topological polar surface area (TPSA) is 152 Å². The summed E-state index contributed by atoms with van der Waals surface area (Å²) >= 11 is 0. The van der Waals surface area contributed by atoms with Crippen LogP contribution in [0.2, 0.25) is 0 Å². The predicted octanol–water partition coefficient (Wildman–Crippen LogP) is 5.48. The van der Waals surface area contributed by atoms with Crippen LogP contribution >= 0.6 is 0 Å². The molecule has 1 unspecified atom stereocenters. The van der Waals surface area contributed by atoms with E-state index in [4.69, 9.17) is 24.2 Å². The van der Waals surface area contributed by atoms with Gasteiger partial charge in [0.15, 0.2) is 12.3 Å². The van der Waals surface area contributed by atoms with Crippen LogP contribution in [0.4, 0.5) is 0 Å². The average molecular weight is 701 g/mol. The van der Waals surface area contributed by atoms with E-state index in [0.29, 0.717) is 30.7 Å². The maximum atomic E-state index is 13.2. The Morgan fingerprint density at radius 3 is 2.10 bits per heavy atom. The smallest absolute Gasteiger partial charge is 0.335 e. The van der Waals surface area contributed by atoms with Crippen LogP contribution in [0.5, 0.6) is 0 Å². The summed E-state index contributed by atoms with van der Waals surface area (Å²) in [4.78, 5) is 66.1. The van der Waals surface area contributed by atoms with Gasteiger partial charge in [0, 0.05) is 52.5 Å². The molecule has 0 fully saturated rings. The lowest BCUT2D eigenvalue weighted by atomic mass is 9.84. The molecule has 11 nitrogen and oxygen atoms in total. The van der Waals surface area contributed by atoms with E-state index in [1.165, 1.54) is 14.2 Å². The lowest BCUT2D eigenvalue weighted by Crippen LogP contribution is -2.30. The molecule has 11 heteroatoms. The molecule has 0 saturated carbocycles. The van der Waals surface area contributed by atoms with Crippen LogP contribution in [0.25, 0.3) is 17.7 Å². The Bertz CT molecular complexity index is 2010. The number of H-pyrrole nitrogens is 2. The predicted molar refractivity (Wildman–Crippen MR) is 199 cm³/mol. The lowest BCUT2D eigenvalue weighted by Gasteiger charge is -2.21. The first-order valence-corrected chi connectivity index (χ1v) is 17.3. The van der Waals surface area contributed by atoms with E-state index in [1.807, 2.05) is 61.5 Å². The van der Waals surface area contributed by atoms with Gasteiger partial charge in [0.25, 0.3) is 0 Å². The van der Waals surface area contributed by atoms with Crippen molar-refractivity contribution in [1.29, 1.82) is 0 Å². The first-order chi connectivity index (χ1) is 23.8. The molecule has 0 saturated heterocycles. The molecule has 2 aliphatic heterocycles. The molecule has 4 rings (SSSR count). The minimum Gasteiger partial charge on any atom is -0.469 e. The van der Waals surface area contributed by atoms with Gasteiger partial charge in [0.1, 0.15) is 5.60 Å². The van der Waals surface area contributed by atoms with Gasteiger partial charge in [-0.15, -0.1) is 0 Å². The first kappa shape index (κ1) is 39.0. The third-order valence-electron chi connectivity index (χ3n) is 9.81. The van der Waals surface area contributed by atoms with Crippen LogP contribution in [-0.4, -0.2) is 71.4 Å². The molecule has 1 atom stereocenters. The molecule has 0 amide bonds. The van der Waals surface area contributed by atoms with E-state index >= 15 is 0 Å². The van der Waals surface area contributed by atoms with Crippen molar-refractivity contribution in [1.82, 2.24) is 9.97 Å². The van der Waals surface area contributed by atoms with Crippen molar-refractivity contribution >= 4 is 53.3 Å². The second kappa shape index (κ2) is 15.2. The van der Waals surface area contributed by atoms with E-state index in [9.17, 15) is 19.2 Å². The number of nitrogens with zero attached hydrogens (tertiary/aromatic N) is 2. The molecular formula is C40H52N4O7. The van der Waals surface area contributed by atoms with Crippen LogP contribution in [0.3, 0.4) is 0 Å². The maximum Gasteiger partial charge on any atom is 0.335 e. The number of esters is 3. The van der Waals surface area contributed by atoms with Crippen LogP contribution in [-0.2, 0) is 35.0 Å². The van der Waals surface area contributed by atoms with Gasteiger partial charge in [-0.1, -0.05) is 13.8 Å². The normalized spacial score (nSPS) is 18.9. The molecule has 2 aliphatic rings. The standard InChI is InChI=1S/C40H52N4O7/c1-21-22(2)36(44-32(21)20-45)25(5)31-19-40(9,10)33(42-31)18-28-23(3)26(13-15-34(46)49-11)29(41-28)17-30-27(14-16-35(47)50-12)24(4)37(43-30)38(48)51-39(6,7)8/h17-18,20,37,41,44H,13-16,19H2,1-12H3/b28-18-,29-17-,31-25-. The molecule has 4 heterocycles. The van der Waals surface area contributed by atoms with E-state index in [-0.39, 0.29) is 30.2 Å². The van der Waals surface area contributed by atoms with Gasteiger partial charge in [0.2, 0.25) is 0 Å². The zero-order valence-electron chi connectivity index (χ0n) is 32.1. The summed E-state index contributed by atoms with van der Waals surface area (Å²) in [5.74, 6) is -1.16. The molecule has 51 heavy (non-hydrogen) atoms. The van der Waals surface area contributed by atoms with Crippen LogP contribution in [0.15, 0.2) is 26.8 Å². The van der Waals surface area contributed by atoms with E-state index in [2.05, 4.69) is 29.9 Å². The largest absolute Gasteiger partial charge is 0.469 e. The van der Waals surface area contributed by atoms with Gasteiger partial charge in [-0.2, -0.15) is 0 Å². The quantitative estimate of drug-likeness (QED) is 0.179. The highest BCUT2D eigenvalue weighted by Gasteiger charge is 2.34. The van der Waals surface area contributed by atoms with Crippen molar-refractivity contribution in [3.05, 3.63) is 61.2 Å². The minimum absolute atomic E-state index is 0.122. The van der Waals surface area contributed by atoms with E-state index < -0.39 is 17.6 Å². The number of methoxy groups -OCH3 is 2. The number of carbonyl (C=O) groups is 4. The third-order valence-corrected chi connectivity index (χ3v) is 9.81. The molecule has 0 aliphatic carbocycles. The molecule has 0 aromatic carbocycles. The Labute approximate surface area is 300 Å². The van der Waals surface area contributed by atoms with Gasteiger partial charge in [-0.3, -0.25) is 24.4 Å². The zero-order chi connectivity index (χ0) is 38.0. The number of nitrogens with one attached hydrogen (secondary N) is 2. The number of allylic oxidation sites excluding steroid dienone is 3. The molecule has 2 aromatic rings. The lowest BCUT2D eigenvalue weighted by molar-refractivity contribution is -0.155. The second-order valence-corrected chi connectivity index (χ2v) is 15.0. The third kappa shape index (κ3) is 8.57. The fraction of sp³-hybridized carbons (Fsp3) is 0.500. The molecule has 274 valence electrons. The van der Waals surface area contributed by atoms with Crippen molar-refractivity contribution in [2.75, 3.05) is 14.2 Å². The number of aromatic amines is 2. The summed E-state index contributed by atoms with van der Waals surface area (Å²) in [6, 6.07) is -0.847. The Morgan fingerprint density at radius 2 is 1.53 bits per heavy atom. The van der Waals surface area contributed by atoms with Gasteiger partial charge in [-0.25, -0.2) is 4.79 Å². The molecule has 0 bridgehead atoms. The Morgan fingerprint density at radius 1 is 0.902 bits per heavy atom. The fourth-order valence-corrected chi connectivity index (χ4v) is 6.56. The van der Waals surface area contributed by atoms with E-state index in [1.54, 1.807) is 0 Å². The van der Waals surface area contributed by atoms with Crippen molar-refractivity contribution in [3.8, 4) is 0 Å². The Hall–Kier alpha value is -4.80. The summed E-state index contributed by atoms with van der Waals surface area (Å²) in [6.45, 7) is 19.5. The molecule has 0 spiro atoms. The summed E-state index contributed by atoms with van der Waals surface area (Å²) < 4.78 is 15.6. The number of hydrogen-bond donors (Lipinski definition) is 2. The number of rotatable bonds is 11. The van der Waals surface area contributed by atoms with E-state index in [0.717, 1.165) is 73.1 Å². The number of hydrogen-bond acceptors (Lipinski definition) is 9. The number of carbonyl (C=O) groups excluding carboxylic acids is 4. The number of aromatic nitrogens is 2. The summed E-state index contributed by atoms with van der Waals surface area (Å²) in [5, 5.41) is 1.57. The number of ether oxygens (including phenoxy) is 3. The average Bonchev–Trinajstić information content (AvgIpc) is 3.74. The van der Waals surface area contributed by atoms with Crippen molar-refractivity contribution in [2.24, 2.45) is 15.4 Å². The summed E-state index contributed by atoms with van der Waals surface area (Å²) in [6.07, 6.45) is 6.52. The highest BCUT2D eigenvalue weighted by atomic mass is 16.6. The number of aliphatic imine (C=N–C) groups is 2. The van der Waals surface area contributed by atoms with Crippen molar-refractivity contribution in [2.45, 2.75) is 113 Å². The zero-order valence-corrected chi connectivity index (χ0v) is 32.1. The summed E-state index contributed by atoms with van der Waals surface area (Å²) in [7, 11) is 2.71. The van der Waals surface area contributed by atoms with Crippen LogP contribution in [0.1, 0.15) is 113 Å². The number of aldehydes is 1. The molecule has 2 N–H and O–H groups in total. The highest BCUT2D eigenvalue weighted by Crippen LogP contribution is 2.40. The second-order valence-electron chi connectivity index (χ2n) is 15.0. The minimum atomic E-state index is -0.847. The van der Waals surface area contributed by atoms with Gasteiger partial charge >= 0.3 is 17.9 Å². The van der Waals surface area contributed by atoms with Gasteiger partial charge in [-0.05, 0) is 119 Å². The highest BCUT2D eigenvalue weighted by molar-refractivity contribution is 6.23. The summed E-state index contributed by atoms with van der Waals surface area (Å²) in [5.41, 5.74) is 9.19. The Balaban J connectivity index is 1.88. The fourth-order valence-electron chi connectivity index (χ4n) is 6.56. The van der Waals surface area contributed by atoms with Crippen molar-refractivity contribution < 1.29 is 33.4 Å². The van der Waals surface area contributed by atoms with Gasteiger partial charge in [0.05, 0.1) is 25.6 Å². The van der Waals surface area contributed by atoms with Gasteiger partial charge < -0.3 is 24.2 Å². The Kier molecular flexibility index (Phi) is 11.6. The van der Waals surface area contributed by atoms with Crippen LogP contribution in [0, 0.1) is 26.2 Å². The molecule has 2 aromatic heterocycles. The first-order valence-electron chi connectivity index (χ1n) is 17.3. The van der Waals surface area contributed by atoms with Crippen LogP contribution < -0.4 is 10.7 Å². The monoisotopic (exact) mass is 700 g/mol.